The number of likely N-dealkylation sites (tertiary alicyclic amines) is 1. The Kier molecular flexibility index (Phi) is 4.73. The highest BCUT2D eigenvalue weighted by molar-refractivity contribution is 5.42. The van der Waals surface area contributed by atoms with Crippen LogP contribution in [0.5, 0.6) is 0 Å². The third-order valence-electron chi connectivity index (χ3n) is 4.77. The molecule has 2 aromatic heterocycles. The molecular formula is C19H18F3N3O2. The fraction of sp³-hybridized carbons (Fsp3) is 0.368. The summed E-state index contributed by atoms with van der Waals surface area (Å²) < 4.78 is 49.5. The molecule has 1 aliphatic rings. The minimum Gasteiger partial charge on any atom is -0.459 e. The molecule has 0 N–H and O–H groups in total. The van der Waals surface area contributed by atoms with E-state index in [1.807, 2.05) is 0 Å². The van der Waals surface area contributed by atoms with Gasteiger partial charge in [-0.15, -0.1) is 10.2 Å². The number of halogens is 3. The smallest absolute Gasteiger partial charge is 0.416 e. The number of hydrogen-bond donors (Lipinski definition) is 0. The maximum Gasteiger partial charge on any atom is 0.416 e. The zero-order chi connectivity index (χ0) is 18.9. The van der Waals surface area contributed by atoms with E-state index in [0.717, 1.165) is 32.0 Å². The second-order valence-electron chi connectivity index (χ2n) is 6.67. The Hall–Kier alpha value is -2.61. The molecule has 0 spiro atoms. The molecule has 3 aromatic rings. The largest absolute Gasteiger partial charge is 0.459 e. The van der Waals surface area contributed by atoms with Crippen LogP contribution in [0.3, 0.4) is 0 Å². The van der Waals surface area contributed by atoms with Crippen molar-refractivity contribution in [1.29, 1.82) is 0 Å². The van der Waals surface area contributed by atoms with Crippen molar-refractivity contribution in [2.75, 3.05) is 13.1 Å². The van der Waals surface area contributed by atoms with E-state index in [2.05, 4.69) is 15.1 Å². The maximum absolute atomic E-state index is 12.8. The van der Waals surface area contributed by atoms with Crippen molar-refractivity contribution in [3.63, 3.8) is 0 Å². The fourth-order valence-corrected chi connectivity index (χ4v) is 3.34. The number of aromatic nitrogens is 2. The minimum atomic E-state index is -4.31. The first-order valence-electron chi connectivity index (χ1n) is 8.75. The van der Waals surface area contributed by atoms with Crippen molar-refractivity contribution in [3.05, 3.63) is 59.7 Å². The summed E-state index contributed by atoms with van der Waals surface area (Å²) in [6.45, 7) is 2.02. The lowest BCUT2D eigenvalue weighted by Gasteiger charge is -2.30. The standard InChI is InChI=1S/C19H18F3N3O2/c20-19(21,22)15-4-1-3-13(11-15)12-25-8-6-14(7-9-25)17-23-24-18(27-17)16-5-2-10-26-16/h1-5,10-11,14H,6-9,12H2. The van der Waals surface area contributed by atoms with Crippen molar-refractivity contribution in [2.24, 2.45) is 0 Å². The van der Waals surface area contributed by atoms with Gasteiger partial charge in [0.15, 0.2) is 5.76 Å². The molecule has 0 atom stereocenters. The molecule has 0 saturated carbocycles. The van der Waals surface area contributed by atoms with Gasteiger partial charge in [0.1, 0.15) is 0 Å². The number of furan rings is 1. The Morgan fingerprint density at radius 1 is 1.07 bits per heavy atom. The third kappa shape index (κ3) is 4.05. The van der Waals surface area contributed by atoms with E-state index in [4.69, 9.17) is 8.83 Å². The number of alkyl halides is 3. The molecule has 0 radical (unpaired) electrons. The number of benzene rings is 1. The zero-order valence-electron chi connectivity index (χ0n) is 14.4. The molecule has 0 unspecified atom stereocenters. The maximum atomic E-state index is 12.8. The topological polar surface area (TPSA) is 55.3 Å². The monoisotopic (exact) mass is 377 g/mol. The number of rotatable bonds is 4. The van der Waals surface area contributed by atoms with E-state index < -0.39 is 11.7 Å². The van der Waals surface area contributed by atoms with Gasteiger partial charge in [0.05, 0.1) is 11.8 Å². The summed E-state index contributed by atoms with van der Waals surface area (Å²) in [7, 11) is 0. The molecule has 1 saturated heterocycles. The molecular weight excluding hydrogens is 359 g/mol. The van der Waals surface area contributed by atoms with Gasteiger partial charge in [0.25, 0.3) is 5.89 Å². The molecule has 5 nitrogen and oxygen atoms in total. The highest BCUT2D eigenvalue weighted by Crippen LogP contribution is 2.32. The molecule has 0 aliphatic carbocycles. The average Bonchev–Trinajstić information content (AvgIpc) is 3.34. The first kappa shape index (κ1) is 17.8. The van der Waals surface area contributed by atoms with Gasteiger partial charge in [-0.2, -0.15) is 13.2 Å². The second-order valence-corrected chi connectivity index (χ2v) is 6.67. The Bertz CT molecular complexity index is 882. The summed E-state index contributed by atoms with van der Waals surface area (Å²) in [5.74, 6) is 1.64. The molecule has 0 bridgehead atoms. The quantitative estimate of drug-likeness (QED) is 0.658. The van der Waals surface area contributed by atoms with Gasteiger partial charge < -0.3 is 8.83 Å². The van der Waals surface area contributed by atoms with Crippen LogP contribution in [-0.4, -0.2) is 28.2 Å². The Balaban J connectivity index is 1.36. The molecule has 3 heterocycles. The summed E-state index contributed by atoms with van der Waals surface area (Å²) in [6, 6.07) is 9.02. The van der Waals surface area contributed by atoms with Gasteiger partial charge in [-0.25, -0.2) is 0 Å². The average molecular weight is 377 g/mol. The summed E-state index contributed by atoms with van der Waals surface area (Å²) in [5, 5.41) is 8.15. The van der Waals surface area contributed by atoms with E-state index in [1.165, 1.54) is 12.1 Å². The SMILES string of the molecule is FC(F)(F)c1cccc(CN2CCC(c3nnc(-c4ccco4)o3)CC2)c1. The van der Waals surface area contributed by atoms with Crippen molar-refractivity contribution < 1.29 is 22.0 Å². The first-order chi connectivity index (χ1) is 13.0. The highest BCUT2D eigenvalue weighted by Gasteiger charge is 2.31. The molecule has 4 rings (SSSR count). The van der Waals surface area contributed by atoms with Crippen LogP contribution < -0.4 is 0 Å². The van der Waals surface area contributed by atoms with E-state index in [0.29, 0.717) is 29.6 Å². The second kappa shape index (κ2) is 7.19. The predicted octanol–water partition coefficient (Wildman–Crippen LogP) is 4.73. The molecule has 27 heavy (non-hydrogen) atoms. The van der Waals surface area contributed by atoms with E-state index in [9.17, 15) is 13.2 Å². The number of nitrogens with zero attached hydrogens (tertiary/aromatic N) is 3. The molecule has 1 aromatic carbocycles. The van der Waals surface area contributed by atoms with Gasteiger partial charge in [-0.3, -0.25) is 4.90 Å². The normalized spacial score (nSPS) is 16.7. The van der Waals surface area contributed by atoms with Crippen LogP contribution in [0.4, 0.5) is 13.2 Å². The van der Waals surface area contributed by atoms with Crippen LogP contribution in [0.15, 0.2) is 51.5 Å². The Labute approximate surface area is 153 Å². The summed E-state index contributed by atoms with van der Waals surface area (Å²) in [6.07, 6.45) is -1.13. The summed E-state index contributed by atoms with van der Waals surface area (Å²) >= 11 is 0. The van der Waals surface area contributed by atoms with Crippen molar-refractivity contribution in [1.82, 2.24) is 15.1 Å². The number of piperidine rings is 1. The van der Waals surface area contributed by atoms with Gasteiger partial charge in [-0.05, 0) is 49.7 Å². The zero-order valence-corrected chi connectivity index (χ0v) is 14.4. The third-order valence-corrected chi connectivity index (χ3v) is 4.77. The number of hydrogen-bond acceptors (Lipinski definition) is 5. The Morgan fingerprint density at radius 3 is 2.59 bits per heavy atom. The van der Waals surface area contributed by atoms with Gasteiger partial charge >= 0.3 is 6.18 Å². The lowest BCUT2D eigenvalue weighted by atomic mass is 9.96. The first-order valence-corrected chi connectivity index (χ1v) is 8.75. The lowest BCUT2D eigenvalue weighted by molar-refractivity contribution is -0.137. The molecule has 0 amide bonds. The van der Waals surface area contributed by atoms with Crippen molar-refractivity contribution >= 4 is 0 Å². The van der Waals surface area contributed by atoms with Gasteiger partial charge in [0.2, 0.25) is 5.89 Å². The van der Waals surface area contributed by atoms with Crippen LogP contribution in [0.2, 0.25) is 0 Å². The molecule has 8 heteroatoms. The van der Waals surface area contributed by atoms with Crippen LogP contribution in [0, 0.1) is 0 Å². The van der Waals surface area contributed by atoms with Crippen molar-refractivity contribution in [2.45, 2.75) is 31.5 Å². The summed E-state index contributed by atoms with van der Waals surface area (Å²) in [4.78, 5) is 2.15. The molecule has 1 fully saturated rings. The van der Waals surface area contributed by atoms with E-state index >= 15 is 0 Å². The predicted molar refractivity (Wildman–Crippen MR) is 90.7 cm³/mol. The highest BCUT2D eigenvalue weighted by atomic mass is 19.4. The molecule has 1 aliphatic heterocycles. The fourth-order valence-electron chi connectivity index (χ4n) is 3.34. The van der Waals surface area contributed by atoms with Gasteiger partial charge in [-0.1, -0.05) is 18.2 Å². The van der Waals surface area contributed by atoms with Gasteiger partial charge in [0, 0.05) is 12.5 Å². The van der Waals surface area contributed by atoms with Crippen LogP contribution >= 0.6 is 0 Å². The van der Waals surface area contributed by atoms with E-state index in [-0.39, 0.29) is 5.92 Å². The molecule has 142 valence electrons. The van der Waals surface area contributed by atoms with Crippen LogP contribution in [0.25, 0.3) is 11.7 Å². The lowest BCUT2D eigenvalue weighted by Crippen LogP contribution is -2.32. The van der Waals surface area contributed by atoms with E-state index in [1.54, 1.807) is 24.5 Å². The minimum absolute atomic E-state index is 0.152. The van der Waals surface area contributed by atoms with Crippen LogP contribution in [-0.2, 0) is 12.7 Å². The van der Waals surface area contributed by atoms with Crippen LogP contribution in [0.1, 0.15) is 35.8 Å². The Morgan fingerprint density at radius 2 is 1.89 bits per heavy atom. The van der Waals surface area contributed by atoms with Crippen molar-refractivity contribution in [3.8, 4) is 11.7 Å². The summed E-state index contributed by atoms with van der Waals surface area (Å²) in [5.41, 5.74) is 0.0624.